The van der Waals surface area contributed by atoms with Crippen LogP contribution in [0, 0.1) is 5.92 Å². The average Bonchev–Trinajstić information content (AvgIpc) is 2.11. The number of hydrogen-bond acceptors (Lipinski definition) is 3. The largest absolute Gasteiger partial charge is 0.409 e. The zero-order chi connectivity index (χ0) is 10.4. The number of nitrogens with two attached hydrogens (primary N) is 1. The number of amides is 1. The molecule has 3 N–H and O–H groups in total. The van der Waals surface area contributed by atoms with Crippen LogP contribution >= 0.6 is 0 Å². The minimum absolute atomic E-state index is 0.0134. The number of rotatable bonds is 4. The summed E-state index contributed by atoms with van der Waals surface area (Å²) in [5.41, 5.74) is 5.39. The number of hydrogen-bond donors (Lipinski definition) is 2. The second kappa shape index (κ2) is 5.40. The van der Waals surface area contributed by atoms with Crippen LogP contribution in [0.4, 0.5) is 0 Å². The Bertz CT molecular complexity index is 202. The van der Waals surface area contributed by atoms with Gasteiger partial charge in [0.05, 0.1) is 5.92 Å². The summed E-state index contributed by atoms with van der Waals surface area (Å²) in [5, 5.41) is 11.3. The molecule has 1 atom stereocenters. The molecule has 0 saturated heterocycles. The fourth-order valence-corrected chi connectivity index (χ4v) is 1.07. The molecular formula is C8H17N3O2. The van der Waals surface area contributed by atoms with E-state index in [4.69, 9.17) is 10.9 Å². The molecule has 0 aromatic carbocycles. The van der Waals surface area contributed by atoms with Crippen molar-refractivity contribution in [1.82, 2.24) is 4.90 Å². The van der Waals surface area contributed by atoms with Crippen LogP contribution in [-0.4, -0.2) is 35.9 Å². The maximum atomic E-state index is 11.5. The Morgan fingerprint density at radius 3 is 2.46 bits per heavy atom. The molecule has 0 bridgehead atoms. The zero-order valence-electron chi connectivity index (χ0n) is 8.32. The molecule has 1 amide bonds. The zero-order valence-corrected chi connectivity index (χ0v) is 8.32. The number of oxime groups is 1. The van der Waals surface area contributed by atoms with Gasteiger partial charge >= 0.3 is 0 Å². The smallest absolute Gasteiger partial charge is 0.232 e. The van der Waals surface area contributed by atoms with Crippen molar-refractivity contribution in [2.24, 2.45) is 16.8 Å². The Morgan fingerprint density at radius 2 is 2.15 bits per heavy atom. The SMILES string of the molecule is CCCC(C(=O)N(C)C)C(N)=NO. The van der Waals surface area contributed by atoms with Gasteiger partial charge in [-0.3, -0.25) is 4.79 Å². The van der Waals surface area contributed by atoms with E-state index in [2.05, 4.69) is 5.16 Å². The number of carbonyl (C=O) groups is 1. The first-order valence-electron chi connectivity index (χ1n) is 4.23. The normalized spacial score (nSPS) is 13.9. The van der Waals surface area contributed by atoms with Crippen molar-refractivity contribution < 1.29 is 10.0 Å². The maximum absolute atomic E-state index is 11.5. The Kier molecular flexibility index (Phi) is 4.87. The molecule has 0 aromatic heterocycles. The van der Waals surface area contributed by atoms with Crippen molar-refractivity contribution in [1.29, 1.82) is 0 Å². The van der Waals surface area contributed by atoms with Gasteiger partial charge in [0, 0.05) is 14.1 Å². The lowest BCUT2D eigenvalue weighted by atomic mass is 10.0. The van der Waals surface area contributed by atoms with Crippen LogP contribution in [0.2, 0.25) is 0 Å². The van der Waals surface area contributed by atoms with Crippen LogP contribution in [-0.2, 0) is 4.79 Å². The Morgan fingerprint density at radius 1 is 1.62 bits per heavy atom. The summed E-state index contributed by atoms with van der Waals surface area (Å²) in [5.74, 6) is -0.636. The first-order chi connectivity index (χ1) is 6.04. The Hall–Kier alpha value is -1.26. The van der Waals surface area contributed by atoms with E-state index in [9.17, 15) is 4.79 Å². The van der Waals surface area contributed by atoms with E-state index in [1.165, 1.54) is 4.90 Å². The van der Waals surface area contributed by atoms with E-state index < -0.39 is 5.92 Å². The molecule has 0 spiro atoms. The molecule has 0 rings (SSSR count). The van der Waals surface area contributed by atoms with Gasteiger partial charge in [-0.25, -0.2) is 0 Å². The molecule has 0 aliphatic carbocycles. The van der Waals surface area contributed by atoms with Crippen LogP contribution in [0.5, 0.6) is 0 Å². The molecule has 0 aromatic rings. The first-order valence-corrected chi connectivity index (χ1v) is 4.23. The lowest BCUT2D eigenvalue weighted by molar-refractivity contribution is -0.131. The molecule has 0 radical (unpaired) electrons. The summed E-state index contributed by atoms with van der Waals surface area (Å²) < 4.78 is 0. The van der Waals surface area contributed by atoms with Crippen molar-refractivity contribution >= 4 is 11.7 Å². The molecule has 0 heterocycles. The highest BCUT2D eigenvalue weighted by Crippen LogP contribution is 2.09. The fourth-order valence-electron chi connectivity index (χ4n) is 1.07. The second-order valence-corrected chi connectivity index (χ2v) is 3.10. The van der Waals surface area contributed by atoms with Crippen LogP contribution in [0.25, 0.3) is 0 Å². The van der Waals surface area contributed by atoms with E-state index in [-0.39, 0.29) is 11.7 Å². The lowest BCUT2D eigenvalue weighted by Crippen LogP contribution is -2.38. The third-order valence-corrected chi connectivity index (χ3v) is 1.79. The topological polar surface area (TPSA) is 78.9 Å². The molecule has 5 heteroatoms. The van der Waals surface area contributed by atoms with Crippen LogP contribution in [0.3, 0.4) is 0 Å². The van der Waals surface area contributed by atoms with Crippen molar-refractivity contribution in [3.63, 3.8) is 0 Å². The Balaban J connectivity index is 4.51. The minimum atomic E-state index is -0.495. The molecule has 0 aliphatic heterocycles. The van der Waals surface area contributed by atoms with Gasteiger partial charge in [0.1, 0.15) is 0 Å². The van der Waals surface area contributed by atoms with Gasteiger partial charge in [0.25, 0.3) is 0 Å². The van der Waals surface area contributed by atoms with E-state index >= 15 is 0 Å². The molecule has 1 unspecified atom stereocenters. The third kappa shape index (κ3) is 3.31. The highest BCUT2D eigenvalue weighted by Gasteiger charge is 2.23. The standard InChI is InChI=1S/C8H17N3O2/c1-4-5-6(7(9)10-13)8(12)11(2)3/h6,13H,4-5H2,1-3H3,(H2,9,10). The third-order valence-electron chi connectivity index (χ3n) is 1.79. The molecular weight excluding hydrogens is 170 g/mol. The first kappa shape index (κ1) is 11.7. The fraction of sp³-hybridized carbons (Fsp3) is 0.750. The summed E-state index contributed by atoms with van der Waals surface area (Å²) in [6.07, 6.45) is 1.42. The number of carbonyl (C=O) groups excluding carboxylic acids is 1. The number of nitrogens with zero attached hydrogens (tertiary/aromatic N) is 2. The highest BCUT2D eigenvalue weighted by molar-refractivity contribution is 6.01. The minimum Gasteiger partial charge on any atom is -0.409 e. The predicted molar refractivity (Wildman–Crippen MR) is 50.5 cm³/mol. The van der Waals surface area contributed by atoms with E-state index in [1.807, 2.05) is 6.92 Å². The average molecular weight is 187 g/mol. The van der Waals surface area contributed by atoms with Crippen molar-refractivity contribution in [2.45, 2.75) is 19.8 Å². The van der Waals surface area contributed by atoms with Gasteiger partial charge in [-0.1, -0.05) is 18.5 Å². The predicted octanol–water partition coefficient (Wildman–Crippen LogP) is 0.237. The second-order valence-electron chi connectivity index (χ2n) is 3.10. The maximum Gasteiger partial charge on any atom is 0.232 e. The van der Waals surface area contributed by atoms with Crippen LogP contribution < -0.4 is 5.73 Å². The van der Waals surface area contributed by atoms with E-state index in [0.717, 1.165) is 6.42 Å². The van der Waals surface area contributed by atoms with Crippen LogP contribution in [0.1, 0.15) is 19.8 Å². The van der Waals surface area contributed by atoms with Crippen LogP contribution in [0.15, 0.2) is 5.16 Å². The summed E-state index contributed by atoms with van der Waals surface area (Å²) in [4.78, 5) is 12.9. The van der Waals surface area contributed by atoms with Gasteiger partial charge in [0.2, 0.25) is 5.91 Å². The Labute approximate surface area is 78.2 Å². The van der Waals surface area contributed by atoms with Crippen molar-refractivity contribution in [3.8, 4) is 0 Å². The van der Waals surface area contributed by atoms with Gasteiger partial charge in [-0.05, 0) is 6.42 Å². The number of amidine groups is 1. The van der Waals surface area contributed by atoms with Gasteiger partial charge in [-0.2, -0.15) is 0 Å². The molecule has 5 nitrogen and oxygen atoms in total. The monoisotopic (exact) mass is 187 g/mol. The van der Waals surface area contributed by atoms with Gasteiger partial charge < -0.3 is 15.8 Å². The molecule has 76 valence electrons. The molecule has 13 heavy (non-hydrogen) atoms. The highest BCUT2D eigenvalue weighted by atomic mass is 16.4. The van der Waals surface area contributed by atoms with Gasteiger partial charge in [-0.15, -0.1) is 0 Å². The molecule has 0 saturated carbocycles. The van der Waals surface area contributed by atoms with Crippen molar-refractivity contribution in [2.75, 3.05) is 14.1 Å². The summed E-state index contributed by atoms with van der Waals surface area (Å²) in [6, 6.07) is 0. The summed E-state index contributed by atoms with van der Waals surface area (Å²) in [7, 11) is 3.30. The van der Waals surface area contributed by atoms with Crippen molar-refractivity contribution in [3.05, 3.63) is 0 Å². The molecule has 0 aliphatic rings. The lowest BCUT2D eigenvalue weighted by Gasteiger charge is -2.18. The summed E-state index contributed by atoms with van der Waals surface area (Å²) in [6.45, 7) is 1.95. The summed E-state index contributed by atoms with van der Waals surface area (Å²) >= 11 is 0. The molecule has 0 fully saturated rings. The van der Waals surface area contributed by atoms with E-state index in [0.29, 0.717) is 6.42 Å². The van der Waals surface area contributed by atoms with Gasteiger partial charge in [0.15, 0.2) is 5.84 Å². The quantitative estimate of drug-likeness (QED) is 0.286. The van der Waals surface area contributed by atoms with E-state index in [1.54, 1.807) is 14.1 Å².